The summed E-state index contributed by atoms with van der Waals surface area (Å²) in [6.45, 7) is 1.74. The number of alkyl halides is 3. The molecule has 0 aliphatic carbocycles. The predicted octanol–water partition coefficient (Wildman–Crippen LogP) is 4.47. The summed E-state index contributed by atoms with van der Waals surface area (Å²) >= 11 is 0. The van der Waals surface area contributed by atoms with Crippen LogP contribution < -0.4 is 5.32 Å². The molecule has 1 heterocycles. The molecule has 1 unspecified atom stereocenters. The lowest BCUT2D eigenvalue weighted by atomic mass is 10.1. The summed E-state index contributed by atoms with van der Waals surface area (Å²) in [7, 11) is 0. The zero-order valence-corrected chi connectivity index (χ0v) is 9.66. The minimum Gasteiger partial charge on any atom is -0.467 e. The summed E-state index contributed by atoms with van der Waals surface area (Å²) < 4.78 is 43.5. The number of nitrogens with one attached hydrogen (secondary N) is 1. The second-order valence-corrected chi connectivity index (χ2v) is 3.92. The van der Waals surface area contributed by atoms with Gasteiger partial charge >= 0.3 is 6.18 Å². The van der Waals surface area contributed by atoms with Gasteiger partial charge in [0.05, 0.1) is 17.9 Å². The number of benzene rings is 1. The monoisotopic (exact) mass is 255 g/mol. The Bertz CT molecular complexity index is 505. The van der Waals surface area contributed by atoms with Gasteiger partial charge in [0.1, 0.15) is 5.76 Å². The maximum atomic E-state index is 12.8. The minimum absolute atomic E-state index is 0.0499. The minimum atomic E-state index is -4.37. The van der Waals surface area contributed by atoms with E-state index in [-0.39, 0.29) is 11.7 Å². The maximum absolute atomic E-state index is 12.8. The molecule has 96 valence electrons. The molecule has 0 spiro atoms. The molecule has 1 aromatic carbocycles. The largest absolute Gasteiger partial charge is 0.467 e. The standard InChI is InChI=1S/C13H12F3NO/c1-9(12-7-4-8-18-12)17-11-6-3-2-5-10(11)13(14,15)16/h2-9,17H,1H3. The summed E-state index contributed by atoms with van der Waals surface area (Å²) in [5, 5.41) is 2.81. The molecular weight excluding hydrogens is 243 g/mol. The zero-order chi connectivity index (χ0) is 13.2. The maximum Gasteiger partial charge on any atom is 0.418 e. The normalized spacial score (nSPS) is 13.3. The van der Waals surface area contributed by atoms with Crippen LogP contribution in [-0.2, 0) is 6.18 Å². The summed E-state index contributed by atoms with van der Waals surface area (Å²) in [6, 6.07) is 8.47. The van der Waals surface area contributed by atoms with Crippen molar-refractivity contribution in [2.24, 2.45) is 0 Å². The van der Waals surface area contributed by atoms with Gasteiger partial charge in [-0.15, -0.1) is 0 Å². The Morgan fingerprint density at radius 3 is 2.44 bits per heavy atom. The van der Waals surface area contributed by atoms with Gasteiger partial charge in [-0.05, 0) is 31.2 Å². The quantitative estimate of drug-likeness (QED) is 0.875. The second kappa shape index (κ2) is 4.76. The van der Waals surface area contributed by atoms with E-state index in [9.17, 15) is 13.2 Å². The third-order valence-electron chi connectivity index (χ3n) is 2.57. The van der Waals surface area contributed by atoms with Gasteiger partial charge in [0.25, 0.3) is 0 Å². The molecule has 0 radical (unpaired) electrons. The number of hydrogen-bond acceptors (Lipinski definition) is 2. The van der Waals surface area contributed by atoms with E-state index >= 15 is 0 Å². The van der Waals surface area contributed by atoms with Crippen LogP contribution in [0.25, 0.3) is 0 Å². The Morgan fingerprint density at radius 1 is 1.11 bits per heavy atom. The van der Waals surface area contributed by atoms with Crippen LogP contribution in [0.2, 0.25) is 0 Å². The SMILES string of the molecule is CC(Nc1ccccc1C(F)(F)F)c1ccco1. The highest BCUT2D eigenvalue weighted by Crippen LogP contribution is 2.35. The summed E-state index contributed by atoms with van der Waals surface area (Å²) in [5.41, 5.74) is -0.627. The molecule has 0 aliphatic rings. The Hall–Kier alpha value is -1.91. The molecule has 0 amide bonds. The van der Waals surface area contributed by atoms with Crippen LogP contribution in [0.15, 0.2) is 47.1 Å². The molecule has 0 bridgehead atoms. The highest BCUT2D eigenvalue weighted by Gasteiger charge is 2.33. The van der Waals surface area contributed by atoms with Crippen molar-refractivity contribution in [2.45, 2.75) is 19.1 Å². The first-order valence-electron chi connectivity index (χ1n) is 5.44. The van der Waals surface area contributed by atoms with E-state index < -0.39 is 11.7 Å². The molecule has 5 heteroatoms. The topological polar surface area (TPSA) is 25.2 Å². The van der Waals surface area contributed by atoms with Crippen LogP contribution in [0.4, 0.5) is 18.9 Å². The molecule has 2 nitrogen and oxygen atoms in total. The van der Waals surface area contributed by atoms with Gasteiger partial charge in [-0.3, -0.25) is 0 Å². The van der Waals surface area contributed by atoms with Gasteiger partial charge in [0, 0.05) is 5.69 Å². The van der Waals surface area contributed by atoms with Crippen LogP contribution in [0, 0.1) is 0 Å². The number of hydrogen-bond donors (Lipinski definition) is 1. The van der Waals surface area contributed by atoms with E-state index in [0.29, 0.717) is 5.76 Å². The van der Waals surface area contributed by atoms with E-state index in [0.717, 1.165) is 6.07 Å². The smallest absolute Gasteiger partial charge is 0.418 e. The lowest BCUT2D eigenvalue weighted by Gasteiger charge is -2.17. The second-order valence-electron chi connectivity index (χ2n) is 3.92. The van der Waals surface area contributed by atoms with E-state index in [2.05, 4.69) is 5.32 Å². The Kier molecular flexibility index (Phi) is 3.32. The van der Waals surface area contributed by atoms with E-state index in [1.165, 1.54) is 18.4 Å². The van der Waals surface area contributed by atoms with E-state index in [4.69, 9.17) is 4.42 Å². The van der Waals surface area contributed by atoms with Crippen LogP contribution in [-0.4, -0.2) is 0 Å². The molecule has 2 rings (SSSR count). The van der Waals surface area contributed by atoms with Crippen LogP contribution >= 0.6 is 0 Å². The number of furan rings is 1. The van der Waals surface area contributed by atoms with Crippen molar-refractivity contribution < 1.29 is 17.6 Å². The first kappa shape index (κ1) is 12.5. The number of halogens is 3. The van der Waals surface area contributed by atoms with Crippen molar-refractivity contribution in [2.75, 3.05) is 5.32 Å². The Morgan fingerprint density at radius 2 is 1.83 bits per heavy atom. The van der Waals surface area contributed by atoms with Crippen LogP contribution in [0.5, 0.6) is 0 Å². The Labute approximate surface area is 102 Å². The molecule has 0 aliphatic heterocycles. The average molecular weight is 255 g/mol. The van der Waals surface area contributed by atoms with Gasteiger partial charge < -0.3 is 9.73 Å². The number of rotatable bonds is 3. The summed E-state index contributed by atoms with van der Waals surface area (Å²) in [5.74, 6) is 0.590. The number of anilines is 1. The summed E-state index contributed by atoms with van der Waals surface area (Å²) in [4.78, 5) is 0. The van der Waals surface area contributed by atoms with Crippen molar-refractivity contribution in [3.8, 4) is 0 Å². The fourth-order valence-corrected chi connectivity index (χ4v) is 1.70. The molecule has 0 fully saturated rings. The molecule has 2 aromatic rings. The highest BCUT2D eigenvalue weighted by molar-refractivity contribution is 5.53. The van der Waals surface area contributed by atoms with Crippen LogP contribution in [0.3, 0.4) is 0 Å². The molecule has 0 saturated heterocycles. The first-order chi connectivity index (χ1) is 8.48. The number of para-hydroxylation sites is 1. The molecule has 1 aromatic heterocycles. The molecule has 1 N–H and O–H groups in total. The van der Waals surface area contributed by atoms with Gasteiger partial charge in [-0.25, -0.2) is 0 Å². The molecular formula is C13H12F3NO. The van der Waals surface area contributed by atoms with Gasteiger partial charge in [0.15, 0.2) is 0 Å². The third kappa shape index (κ3) is 2.67. The lowest BCUT2D eigenvalue weighted by molar-refractivity contribution is -0.137. The highest BCUT2D eigenvalue weighted by atomic mass is 19.4. The molecule has 18 heavy (non-hydrogen) atoms. The van der Waals surface area contributed by atoms with Crippen molar-refractivity contribution in [3.63, 3.8) is 0 Å². The van der Waals surface area contributed by atoms with Gasteiger partial charge in [-0.1, -0.05) is 12.1 Å². The van der Waals surface area contributed by atoms with Crippen molar-refractivity contribution in [3.05, 3.63) is 54.0 Å². The van der Waals surface area contributed by atoms with Crippen molar-refractivity contribution >= 4 is 5.69 Å². The molecule has 0 saturated carbocycles. The van der Waals surface area contributed by atoms with Crippen LogP contribution in [0.1, 0.15) is 24.3 Å². The average Bonchev–Trinajstić information content (AvgIpc) is 2.81. The van der Waals surface area contributed by atoms with Gasteiger partial charge in [0.2, 0.25) is 0 Å². The fraction of sp³-hybridized carbons (Fsp3) is 0.231. The fourth-order valence-electron chi connectivity index (χ4n) is 1.70. The first-order valence-corrected chi connectivity index (χ1v) is 5.44. The predicted molar refractivity (Wildman–Crippen MR) is 62.2 cm³/mol. The van der Waals surface area contributed by atoms with Gasteiger partial charge in [-0.2, -0.15) is 13.2 Å². The van der Waals surface area contributed by atoms with E-state index in [1.54, 1.807) is 25.1 Å². The van der Waals surface area contributed by atoms with E-state index in [1.807, 2.05) is 0 Å². The zero-order valence-electron chi connectivity index (χ0n) is 9.66. The Balaban J connectivity index is 2.24. The lowest BCUT2D eigenvalue weighted by Crippen LogP contribution is -2.13. The third-order valence-corrected chi connectivity index (χ3v) is 2.57. The van der Waals surface area contributed by atoms with Crippen molar-refractivity contribution in [1.29, 1.82) is 0 Å². The molecule has 1 atom stereocenters. The summed E-state index contributed by atoms with van der Waals surface area (Å²) in [6.07, 6.45) is -2.88. The van der Waals surface area contributed by atoms with Crippen molar-refractivity contribution in [1.82, 2.24) is 0 Å².